The van der Waals surface area contributed by atoms with Crippen molar-refractivity contribution < 1.29 is 4.79 Å². The number of aromatic nitrogens is 2. The fourth-order valence-corrected chi connectivity index (χ4v) is 2.56. The van der Waals surface area contributed by atoms with Crippen molar-refractivity contribution in [3.05, 3.63) is 61.6 Å². The van der Waals surface area contributed by atoms with Gasteiger partial charge in [-0.25, -0.2) is 4.68 Å². The summed E-state index contributed by atoms with van der Waals surface area (Å²) in [7, 11) is 0. The van der Waals surface area contributed by atoms with Gasteiger partial charge in [0.05, 0.1) is 12.2 Å². The zero-order valence-electron chi connectivity index (χ0n) is 12.0. The molecule has 1 saturated carbocycles. The summed E-state index contributed by atoms with van der Waals surface area (Å²) in [6.45, 7) is 0.765. The maximum atomic E-state index is 12.0. The van der Waals surface area contributed by atoms with Crippen molar-refractivity contribution in [1.29, 1.82) is 0 Å². The number of hydrogen-bond acceptors (Lipinski definition) is 3. The van der Waals surface area contributed by atoms with E-state index in [1.54, 1.807) is 24.3 Å². The third kappa shape index (κ3) is 3.73. The number of benzene rings is 1. The monoisotopic (exact) mass is 409 g/mol. The maximum absolute atomic E-state index is 12.0. The van der Waals surface area contributed by atoms with Gasteiger partial charge in [0.1, 0.15) is 0 Å². The van der Waals surface area contributed by atoms with Crippen LogP contribution in [0.25, 0.3) is 0 Å². The normalized spacial score (nSPS) is 13.9. The summed E-state index contributed by atoms with van der Waals surface area (Å²) in [5.74, 6) is 0.371. The summed E-state index contributed by atoms with van der Waals surface area (Å²) in [5, 5.41) is 7.18. The second kappa shape index (κ2) is 6.60. The minimum Gasteiger partial charge on any atom is -0.350 e. The van der Waals surface area contributed by atoms with Crippen molar-refractivity contribution in [1.82, 2.24) is 15.1 Å². The van der Waals surface area contributed by atoms with Gasteiger partial charge < -0.3 is 5.32 Å². The van der Waals surface area contributed by atoms with Crippen LogP contribution in [0.3, 0.4) is 0 Å². The molecule has 1 aliphatic rings. The first-order valence-corrected chi connectivity index (χ1v) is 8.33. The molecule has 0 saturated heterocycles. The lowest BCUT2D eigenvalue weighted by Gasteiger charge is -2.08. The zero-order chi connectivity index (χ0) is 15.5. The van der Waals surface area contributed by atoms with Crippen molar-refractivity contribution in [3.8, 4) is 0 Å². The van der Waals surface area contributed by atoms with Gasteiger partial charge >= 0.3 is 0 Å². The molecule has 114 valence electrons. The third-order valence-corrected chi connectivity index (χ3v) is 4.32. The molecule has 22 heavy (non-hydrogen) atoms. The van der Waals surface area contributed by atoms with Gasteiger partial charge in [0.15, 0.2) is 0 Å². The van der Waals surface area contributed by atoms with Gasteiger partial charge in [0.25, 0.3) is 11.5 Å². The number of carbonyl (C=O) groups excluding carboxylic acids is 1. The van der Waals surface area contributed by atoms with Gasteiger partial charge in [0, 0.05) is 27.7 Å². The SMILES string of the molecule is O=C(NCCn1nc(C2CC2)ccc1=O)c1ccc(I)cc1. The van der Waals surface area contributed by atoms with Crippen LogP contribution in [0.15, 0.2) is 41.2 Å². The van der Waals surface area contributed by atoms with E-state index in [9.17, 15) is 9.59 Å². The highest BCUT2D eigenvalue weighted by atomic mass is 127. The zero-order valence-corrected chi connectivity index (χ0v) is 14.1. The second-order valence-corrected chi connectivity index (χ2v) is 6.60. The van der Waals surface area contributed by atoms with E-state index in [-0.39, 0.29) is 11.5 Å². The van der Waals surface area contributed by atoms with Crippen LogP contribution in [0.1, 0.15) is 34.8 Å². The molecule has 1 aromatic carbocycles. The van der Waals surface area contributed by atoms with Gasteiger partial charge in [-0.1, -0.05) is 0 Å². The van der Waals surface area contributed by atoms with Crippen molar-refractivity contribution in [2.45, 2.75) is 25.3 Å². The summed E-state index contributed by atoms with van der Waals surface area (Å²) < 4.78 is 2.52. The molecule has 0 bridgehead atoms. The molecule has 1 aromatic heterocycles. The Morgan fingerprint density at radius 2 is 1.95 bits per heavy atom. The summed E-state index contributed by atoms with van der Waals surface area (Å²) in [4.78, 5) is 23.8. The Morgan fingerprint density at radius 3 is 2.64 bits per heavy atom. The summed E-state index contributed by atoms with van der Waals surface area (Å²) in [6.07, 6.45) is 2.30. The van der Waals surface area contributed by atoms with E-state index in [1.807, 2.05) is 12.1 Å². The average molecular weight is 409 g/mol. The molecule has 1 heterocycles. The highest BCUT2D eigenvalue weighted by Gasteiger charge is 2.25. The summed E-state index contributed by atoms with van der Waals surface area (Å²) >= 11 is 2.20. The first-order valence-electron chi connectivity index (χ1n) is 7.25. The summed E-state index contributed by atoms with van der Waals surface area (Å²) in [5.41, 5.74) is 1.46. The Hall–Kier alpha value is -1.70. The molecule has 0 radical (unpaired) electrons. The van der Waals surface area contributed by atoms with Gasteiger partial charge in [-0.05, 0) is 65.8 Å². The van der Waals surface area contributed by atoms with Crippen LogP contribution in [0, 0.1) is 3.57 Å². The van der Waals surface area contributed by atoms with Crippen LogP contribution < -0.4 is 10.9 Å². The standard InChI is InChI=1S/C16H16IN3O2/c17-13-5-3-12(4-6-13)16(22)18-9-10-20-15(21)8-7-14(19-20)11-1-2-11/h3-8,11H,1-2,9-10H2,(H,18,22). The lowest BCUT2D eigenvalue weighted by molar-refractivity contribution is 0.0951. The molecule has 0 aliphatic heterocycles. The minimum absolute atomic E-state index is 0.132. The smallest absolute Gasteiger partial charge is 0.266 e. The topological polar surface area (TPSA) is 64.0 Å². The fourth-order valence-electron chi connectivity index (χ4n) is 2.20. The molecular weight excluding hydrogens is 393 g/mol. The van der Waals surface area contributed by atoms with E-state index in [2.05, 4.69) is 33.0 Å². The van der Waals surface area contributed by atoms with Gasteiger partial charge in [-0.3, -0.25) is 9.59 Å². The van der Waals surface area contributed by atoms with Crippen LogP contribution in [-0.4, -0.2) is 22.2 Å². The molecule has 1 aliphatic carbocycles. The number of nitrogens with zero attached hydrogens (tertiary/aromatic N) is 2. The molecule has 1 amide bonds. The van der Waals surface area contributed by atoms with Gasteiger partial charge in [-0.2, -0.15) is 5.10 Å². The first kappa shape index (κ1) is 15.2. The lowest BCUT2D eigenvalue weighted by atomic mass is 10.2. The number of rotatable bonds is 5. The molecule has 3 rings (SSSR count). The van der Waals surface area contributed by atoms with E-state index in [0.29, 0.717) is 24.6 Å². The predicted molar refractivity (Wildman–Crippen MR) is 92.0 cm³/mol. The van der Waals surface area contributed by atoms with E-state index < -0.39 is 0 Å². The third-order valence-electron chi connectivity index (χ3n) is 3.60. The molecule has 2 aromatic rings. The molecule has 6 heteroatoms. The number of nitrogens with one attached hydrogen (secondary N) is 1. The van der Waals surface area contributed by atoms with Crippen molar-refractivity contribution in [3.63, 3.8) is 0 Å². The maximum Gasteiger partial charge on any atom is 0.266 e. The summed E-state index contributed by atoms with van der Waals surface area (Å²) in [6, 6.07) is 10.7. The number of carbonyl (C=O) groups is 1. The van der Waals surface area contributed by atoms with E-state index >= 15 is 0 Å². The molecule has 0 unspecified atom stereocenters. The Kier molecular flexibility index (Phi) is 4.56. The van der Waals surface area contributed by atoms with Gasteiger partial charge in [-0.15, -0.1) is 0 Å². The Balaban J connectivity index is 1.58. The van der Waals surface area contributed by atoms with Crippen molar-refractivity contribution in [2.24, 2.45) is 0 Å². The number of amides is 1. The highest BCUT2D eigenvalue weighted by Crippen LogP contribution is 2.38. The van der Waals surface area contributed by atoms with Crippen LogP contribution in [-0.2, 0) is 6.54 Å². The fraction of sp³-hybridized carbons (Fsp3) is 0.312. The Morgan fingerprint density at radius 1 is 1.23 bits per heavy atom. The lowest BCUT2D eigenvalue weighted by Crippen LogP contribution is -2.32. The second-order valence-electron chi connectivity index (χ2n) is 5.36. The van der Waals surface area contributed by atoms with Crippen molar-refractivity contribution in [2.75, 3.05) is 6.54 Å². The molecule has 1 N–H and O–H groups in total. The molecule has 0 atom stereocenters. The Labute approximate surface area is 141 Å². The number of halogens is 1. The van der Waals surface area contributed by atoms with Crippen LogP contribution in [0.2, 0.25) is 0 Å². The first-order chi connectivity index (χ1) is 10.6. The molecular formula is C16H16IN3O2. The van der Waals surface area contributed by atoms with Crippen LogP contribution in [0.4, 0.5) is 0 Å². The predicted octanol–water partition coefficient (Wildman–Crippen LogP) is 2.16. The minimum atomic E-state index is -0.136. The van der Waals surface area contributed by atoms with E-state index in [1.165, 1.54) is 4.68 Å². The van der Waals surface area contributed by atoms with Crippen molar-refractivity contribution >= 4 is 28.5 Å². The van der Waals surface area contributed by atoms with Crippen LogP contribution in [0.5, 0.6) is 0 Å². The molecule has 1 fully saturated rings. The number of hydrogen-bond donors (Lipinski definition) is 1. The van der Waals surface area contributed by atoms with Gasteiger partial charge in [0.2, 0.25) is 0 Å². The quantitative estimate of drug-likeness (QED) is 0.770. The van der Waals surface area contributed by atoms with Crippen LogP contribution >= 0.6 is 22.6 Å². The van der Waals surface area contributed by atoms with E-state index in [0.717, 1.165) is 22.1 Å². The Bertz CT molecular complexity index is 736. The van der Waals surface area contributed by atoms with E-state index in [4.69, 9.17) is 0 Å². The largest absolute Gasteiger partial charge is 0.350 e. The average Bonchev–Trinajstić information content (AvgIpc) is 3.34. The highest BCUT2D eigenvalue weighted by molar-refractivity contribution is 14.1. The molecule has 5 nitrogen and oxygen atoms in total. The molecule has 0 spiro atoms.